The molecule has 0 bridgehead atoms. The molecule has 7 heteroatoms. The molecule has 1 aromatic carbocycles. The molecule has 0 radical (unpaired) electrons. The summed E-state index contributed by atoms with van der Waals surface area (Å²) in [6.07, 6.45) is 0.166. The van der Waals surface area contributed by atoms with Crippen LogP contribution in [0.3, 0.4) is 0 Å². The molecule has 5 nitrogen and oxygen atoms in total. The van der Waals surface area contributed by atoms with Gasteiger partial charge >= 0.3 is 5.97 Å². The van der Waals surface area contributed by atoms with Gasteiger partial charge in [-0.2, -0.15) is 0 Å². The minimum absolute atomic E-state index is 0.0674. The number of esters is 1. The number of nitrogens with one attached hydrogen (secondary N) is 1. The van der Waals surface area contributed by atoms with E-state index in [-0.39, 0.29) is 24.1 Å². The SMILES string of the molecule is CCOC(=O)Cc1csc(SCC(=O)Nc2c(C)cc(C)cc2C)n1. The van der Waals surface area contributed by atoms with Crippen LogP contribution in [0.2, 0.25) is 0 Å². The number of nitrogens with zero attached hydrogens (tertiary/aromatic N) is 1. The number of ether oxygens (including phenoxy) is 1. The highest BCUT2D eigenvalue weighted by molar-refractivity contribution is 8.01. The number of hydrogen-bond donors (Lipinski definition) is 1. The fourth-order valence-electron chi connectivity index (χ4n) is 2.48. The monoisotopic (exact) mass is 378 g/mol. The normalized spacial score (nSPS) is 10.6. The highest BCUT2D eigenvalue weighted by Crippen LogP contribution is 2.25. The topological polar surface area (TPSA) is 68.3 Å². The summed E-state index contributed by atoms with van der Waals surface area (Å²) in [5.41, 5.74) is 4.85. The van der Waals surface area contributed by atoms with Gasteiger partial charge in [-0.1, -0.05) is 29.5 Å². The van der Waals surface area contributed by atoms with E-state index < -0.39 is 0 Å². The molecule has 0 aliphatic heterocycles. The number of benzene rings is 1. The van der Waals surface area contributed by atoms with Crippen molar-refractivity contribution in [2.45, 2.75) is 38.5 Å². The molecule has 1 amide bonds. The van der Waals surface area contributed by atoms with Crippen LogP contribution in [0.5, 0.6) is 0 Å². The smallest absolute Gasteiger partial charge is 0.311 e. The molecule has 0 aliphatic rings. The molecule has 0 saturated carbocycles. The van der Waals surface area contributed by atoms with E-state index in [0.717, 1.165) is 21.2 Å². The Kier molecular flexibility index (Phi) is 7.01. The highest BCUT2D eigenvalue weighted by atomic mass is 32.2. The summed E-state index contributed by atoms with van der Waals surface area (Å²) in [6, 6.07) is 4.11. The van der Waals surface area contributed by atoms with E-state index in [4.69, 9.17) is 4.74 Å². The third-order valence-electron chi connectivity index (χ3n) is 3.43. The quantitative estimate of drug-likeness (QED) is 0.584. The molecule has 25 heavy (non-hydrogen) atoms. The summed E-state index contributed by atoms with van der Waals surface area (Å²) in [6.45, 7) is 8.16. The predicted octanol–water partition coefficient (Wildman–Crippen LogP) is 3.90. The average molecular weight is 379 g/mol. The summed E-state index contributed by atoms with van der Waals surface area (Å²) in [5.74, 6) is -0.0753. The first-order valence-electron chi connectivity index (χ1n) is 7.99. The zero-order valence-corrected chi connectivity index (χ0v) is 16.5. The van der Waals surface area contributed by atoms with Crippen LogP contribution in [0, 0.1) is 20.8 Å². The van der Waals surface area contributed by atoms with Crippen LogP contribution in [-0.2, 0) is 20.7 Å². The number of anilines is 1. The molecule has 0 atom stereocenters. The van der Waals surface area contributed by atoms with Crippen LogP contribution >= 0.6 is 23.1 Å². The van der Waals surface area contributed by atoms with Gasteiger partial charge in [0.2, 0.25) is 5.91 Å². The second-order valence-corrected chi connectivity index (χ2v) is 7.78. The van der Waals surface area contributed by atoms with Crippen LogP contribution in [-0.4, -0.2) is 29.2 Å². The number of amides is 1. The third-order valence-corrected chi connectivity index (χ3v) is 5.50. The fraction of sp³-hybridized carbons (Fsp3) is 0.389. The largest absolute Gasteiger partial charge is 0.466 e. The minimum Gasteiger partial charge on any atom is -0.466 e. The average Bonchev–Trinajstić information content (AvgIpc) is 2.96. The lowest BCUT2D eigenvalue weighted by Crippen LogP contribution is -2.15. The summed E-state index contributed by atoms with van der Waals surface area (Å²) in [5, 5.41) is 4.80. The van der Waals surface area contributed by atoms with Crippen molar-refractivity contribution in [3.8, 4) is 0 Å². The molecule has 1 heterocycles. The zero-order valence-electron chi connectivity index (χ0n) is 14.8. The lowest BCUT2D eigenvalue weighted by Gasteiger charge is -2.12. The summed E-state index contributed by atoms with van der Waals surface area (Å²) < 4.78 is 5.68. The van der Waals surface area contributed by atoms with Crippen LogP contribution in [0.15, 0.2) is 21.9 Å². The van der Waals surface area contributed by atoms with Crippen LogP contribution < -0.4 is 5.32 Å². The van der Waals surface area contributed by atoms with Crippen molar-refractivity contribution in [1.29, 1.82) is 0 Å². The molecule has 0 aliphatic carbocycles. The Morgan fingerprint density at radius 1 is 1.24 bits per heavy atom. The van der Waals surface area contributed by atoms with Gasteiger partial charge in [0.1, 0.15) is 0 Å². The van der Waals surface area contributed by atoms with E-state index in [9.17, 15) is 9.59 Å². The van der Waals surface area contributed by atoms with Crippen molar-refractivity contribution in [1.82, 2.24) is 4.98 Å². The van der Waals surface area contributed by atoms with E-state index in [1.165, 1.54) is 28.7 Å². The Balaban J connectivity index is 1.88. The van der Waals surface area contributed by atoms with Crippen molar-refractivity contribution < 1.29 is 14.3 Å². The van der Waals surface area contributed by atoms with Gasteiger partial charge < -0.3 is 10.1 Å². The van der Waals surface area contributed by atoms with Crippen molar-refractivity contribution in [2.24, 2.45) is 0 Å². The van der Waals surface area contributed by atoms with Gasteiger partial charge in [-0.25, -0.2) is 4.98 Å². The molecule has 2 aromatic rings. The first-order chi connectivity index (χ1) is 11.9. The molecule has 0 saturated heterocycles. The van der Waals surface area contributed by atoms with Gasteiger partial charge in [0, 0.05) is 11.1 Å². The van der Waals surface area contributed by atoms with E-state index in [1.807, 2.05) is 26.2 Å². The number of thioether (sulfide) groups is 1. The molecule has 0 fully saturated rings. The predicted molar refractivity (Wildman–Crippen MR) is 102 cm³/mol. The van der Waals surface area contributed by atoms with Gasteiger partial charge in [-0.05, 0) is 38.8 Å². The first kappa shape index (κ1) is 19.5. The maximum Gasteiger partial charge on any atom is 0.311 e. The van der Waals surface area contributed by atoms with Crippen molar-refractivity contribution >= 4 is 40.7 Å². The summed E-state index contributed by atoms with van der Waals surface area (Å²) in [4.78, 5) is 28.0. The Labute approximate surface area is 156 Å². The summed E-state index contributed by atoms with van der Waals surface area (Å²) >= 11 is 2.80. The number of aromatic nitrogens is 1. The van der Waals surface area contributed by atoms with Crippen molar-refractivity contribution in [2.75, 3.05) is 17.7 Å². The second kappa shape index (κ2) is 9.01. The maximum absolute atomic E-state index is 12.2. The number of carbonyl (C=O) groups is 2. The van der Waals surface area contributed by atoms with Crippen LogP contribution in [0.1, 0.15) is 29.3 Å². The van der Waals surface area contributed by atoms with Gasteiger partial charge in [0.15, 0.2) is 4.34 Å². The lowest BCUT2D eigenvalue weighted by molar-refractivity contribution is -0.142. The van der Waals surface area contributed by atoms with Crippen molar-refractivity contribution in [3.05, 3.63) is 39.9 Å². The fourth-order valence-corrected chi connectivity index (χ4v) is 4.12. The zero-order chi connectivity index (χ0) is 18.4. The van der Waals surface area contributed by atoms with Gasteiger partial charge in [-0.3, -0.25) is 9.59 Å². The molecule has 0 spiro atoms. The summed E-state index contributed by atoms with van der Waals surface area (Å²) in [7, 11) is 0. The van der Waals surface area contributed by atoms with Gasteiger partial charge in [-0.15, -0.1) is 11.3 Å². The highest BCUT2D eigenvalue weighted by Gasteiger charge is 2.12. The molecule has 0 unspecified atom stereocenters. The standard InChI is InChI=1S/C18H22N2O3S2/c1-5-23-16(22)8-14-9-24-18(19-14)25-10-15(21)20-17-12(3)6-11(2)7-13(17)4/h6-7,9H,5,8,10H2,1-4H3,(H,20,21). The van der Waals surface area contributed by atoms with Crippen LogP contribution in [0.25, 0.3) is 0 Å². The molecule has 1 aromatic heterocycles. The van der Waals surface area contributed by atoms with Gasteiger partial charge in [0.05, 0.1) is 24.5 Å². The second-order valence-electron chi connectivity index (χ2n) is 5.70. The molecule has 134 valence electrons. The van der Waals surface area contributed by atoms with Crippen molar-refractivity contribution in [3.63, 3.8) is 0 Å². The van der Waals surface area contributed by atoms with E-state index in [0.29, 0.717) is 12.3 Å². The number of carbonyl (C=O) groups excluding carboxylic acids is 2. The molecule has 1 N–H and O–H groups in total. The Morgan fingerprint density at radius 3 is 2.56 bits per heavy atom. The third kappa shape index (κ3) is 5.86. The lowest BCUT2D eigenvalue weighted by atomic mass is 10.1. The molecular weight excluding hydrogens is 356 g/mol. The number of thiazole rings is 1. The van der Waals surface area contributed by atoms with E-state index >= 15 is 0 Å². The number of aryl methyl sites for hydroxylation is 3. The number of rotatable bonds is 7. The van der Waals surface area contributed by atoms with Gasteiger partial charge in [0.25, 0.3) is 0 Å². The molecular formula is C18H22N2O3S2. The Morgan fingerprint density at radius 2 is 1.92 bits per heavy atom. The first-order valence-corrected chi connectivity index (χ1v) is 9.86. The Bertz CT molecular complexity index is 748. The molecule has 2 rings (SSSR count). The number of hydrogen-bond acceptors (Lipinski definition) is 6. The Hall–Kier alpha value is -1.86. The van der Waals surface area contributed by atoms with Crippen LogP contribution in [0.4, 0.5) is 5.69 Å². The van der Waals surface area contributed by atoms with E-state index in [1.54, 1.807) is 6.92 Å². The minimum atomic E-state index is -0.285. The maximum atomic E-state index is 12.2. The van der Waals surface area contributed by atoms with E-state index in [2.05, 4.69) is 22.4 Å².